The number of rotatable bonds is 8. The first-order valence-electron chi connectivity index (χ1n) is 10.1. The maximum absolute atomic E-state index is 12.6. The number of ketones is 1. The van der Waals surface area contributed by atoms with Crippen LogP contribution in [0, 0.1) is 10.1 Å². The van der Waals surface area contributed by atoms with Crippen molar-refractivity contribution in [3.63, 3.8) is 0 Å². The average molecular weight is 502 g/mol. The van der Waals surface area contributed by atoms with Crippen molar-refractivity contribution >= 4 is 52.3 Å². The summed E-state index contributed by atoms with van der Waals surface area (Å²) in [5.74, 6) is -0.496. The third kappa shape index (κ3) is 4.80. The SMILES string of the molecule is CCOC(=O)c1sc(SC)c2c1CCc1cnc(SCC(=O)c3cccc([N+](=O)[O-])c3)nc1-2. The zero-order valence-corrected chi connectivity index (χ0v) is 20.3. The predicted molar refractivity (Wildman–Crippen MR) is 129 cm³/mol. The Morgan fingerprint density at radius 2 is 2.12 bits per heavy atom. The Morgan fingerprint density at radius 1 is 1.30 bits per heavy atom. The van der Waals surface area contributed by atoms with Gasteiger partial charge in [-0.2, -0.15) is 0 Å². The fourth-order valence-electron chi connectivity index (χ4n) is 3.55. The molecule has 1 aliphatic carbocycles. The number of thiophene rings is 1. The normalized spacial score (nSPS) is 12.1. The van der Waals surface area contributed by atoms with Crippen molar-refractivity contribution in [1.82, 2.24) is 9.97 Å². The molecule has 170 valence electrons. The molecule has 33 heavy (non-hydrogen) atoms. The van der Waals surface area contributed by atoms with E-state index in [2.05, 4.69) is 4.98 Å². The maximum atomic E-state index is 12.6. The van der Waals surface area contributed by atoms with Crippen LogP contribution in [0.5, 0.6) is 0 Å². The number of Topliss-reactive ketones (excluding diaryl/α,β-unsaturated/α-hetero) is 1. The third-order valence-electron chi connectivity index (χ3n) is 5.06. The van der Waals surface area contributed by atoms with Crippen LogP contribution in [0.3, 0.4) is 0 Å². The minimum atomic E-state index is -0.525. The molecule has 8 nitrogen and oxygen atoms in total. The van der Waals surface area contributed by atoms with Gasteiger partial charge in [-0.3, -0.25) is 14.9 Å². The van der Waals surface area contributed by atoms with Gasteiger partial charge in [0.05, 0.1) is 27.2 Å². The smallest absolute Gasteiger partial charge is 0.348 e. The first-order valence-corrected chi connectivity index (χ1v) is 13.1. The van der Waals surface area contributed by atoms with Gasteiger partial charge in [-0.15, -0.1) is 23.1 Å². The Labute approximate surface area is 202 Å². The summed E-state index contributed by atoms with van der Waals surface area (Å²) in [4.78, 5) is 45.2. The molecule has 4 rings (SSSR count). The Hall–Kier alpha value is -2.76. The fourth-order valence-corrected chi connectivity index (χ4v) is 6.25. The zero-order valence-electron chi connectivity index (χ0n) is 17.8. The number of fused-ring (bicyclic) bond motifs is 3. The molecule has 0 saturated heterocycles. The summed E-state index contributed by atoms with van der Waals surface area (Å²) in [5, 5.41) is 11.4. The van der Waals surface area contributed by atoms with Crippen LogP contribution in [0.1, 0.15) is 38.1 Å². The lowest BCUT2D eigenvalue weighted by Crippen LogP contribution is -2.11. The van der Waals surface area contributed by atoms with Crippen LogP contribution in [-0.2, 0) is 17.6 Å². The second-order valence-electron chi connectivity index (χ2n) is 7.04. The van der Waals surface area contributed by atoms with E-state index in [4.69, 9.17) is 9.72 Å². The number of thioether (sulfide) groups is 2. The molecule has 0 atom stereocenters. The minimum absolute atomic E-state index is 0.0555. The van der Waals surface area contributed by atoms with Crippen molar-refractivity contribution in [2.75, 3.05) is 18.6 Å². The van der Waals surface area contributed by atoms with Crippen molar-refractivity contribution in [2.45, 2.75) is 29.1 Å². The zero-order chi connectivity index (χ0) is 23.5. The van der Waals surface area contributed by atoms with Crippen LogP contribution in [0.15, 0.2) is 39.8 Å². The monoisotopic (exact) mass is 501 g/mol. The van der Waals surface area contributed by atoms with Crippen LogP contribution in [-0.4, -0.2) is 45.3 Å². The lowest BCUT2D eigenvalue weighted by Gasteiger charge is -2.17. The van der Waals surface area contributed by atoms with Crippen LogP contribution in [0.4, 0.5) is 5.69 Å². The number of benzene rings is 1. The van der Waals surface area contributed by atoms with E-state index in [1.165, 1.54) is 41.3 Å². The second kappa shape index (κ2) is 10.0. The quantitative estimate of drug-likeness (QED) is 0.104. The van der Waals surface area contributed by atoms with E-state index in [9.17, 15) is 19.7 Å². The van der Waals surface area contributed by atoms with Gasteiger partial charge in [-0.05, 0) is 37.1 Å². The molecule has 0 amide bonds. The standard InChI is InChI=1S/C22H19N3O5S3/c1-3-30-20(27)19-15-8-7-13-10-23-22(24-18(13)17(15)21(31-2)33-19)32-11-16(26)12-5-4-6-14(9-12)25(28)29/h4-6,9-10H,3,7-8,11H2,1-2H3. The molecule has 0 radical (unpaired) electrons. The molecule has 0 spiro atoms. The summed E-state index contributed by atoms with van der Waals surface area (Å²) >= 11 is 4.17. The largest absolute Gasteiger partial charge is 0.462 e. The van der Waals surface area contributed by atoms with Crippen molar-refractivity contribution < 1.29 is 19.2 Å². The molecule has 0 saturated carbocycles. The van der Waals surface area contributed by atoms with Gasteiger partial charge in [-0.25, -0.2) is 14.8 Å². The summed E-state index contributed by atoms with van der Waals surface area (Å²) in [5.41, 5.74) is 3.85. The molecule has 2 aromatic heterocycles. The molecule has 3 aromatic rings. The Bertz CT molecular complexity index is 1260. The summed E-state index contributed by atoms with van der Waals surface area (Å²) in [6, 6.07) is 5.68. The van der Waals surface area contributed by atoms with Gasteiger partial charge in [-0.1, -0.05) is 23.9 Å². The minimum Gasteiger partial charge on any atom is -0.462 e. The third-order valence-corrected chi connectivity index (χ3v) is 8.25. The number of hydrogen-bond acceptors (Lipinski definition) is 10. The maximum Gasteiger partial charge on any atom is 0.348 e. The Balaban J connectivity index is 1.59. The molecule has 0 bridgehead atoms. The molecule has 0 unspecified atom stereocenters. The summed E-state index contributed by atoms with van der Waals surface area (Å²) in [6.45, 7) is 2.10. The van der Waals surface area contributed by atoms with Gasteiger partial charge in [0, 0.05) is 29.5 Å². The summed E-state index contributed by atoms with van der Waals surface area (Å²) in [6.07, 6.45) is 5.17. The highest BCUT2D eigenvalue weighted by atomic mass is 32.2. The van der Waals surface area contributed by atoms with Gasteiger partial charge in [0.1, 0.15) is 4.88 Å². The van der Waals surface area contributed by atoms with Gasteiger partial charge in [0.2, 0.25) is 0 Å². The summed E-state index contributed by atoms with van der Waals surface area (Å²) < 4.78 is 6.24. The Morgan fingerprint density at radius 3 is 2.85 bits per heavy atom. The first kappa shape index (κ1) is 23.4. The number of aryl methyl sites for hydroxylation is 1. The van der Waals surface area contributed by atoms with E-state index >= 15 is 0 Å². The van der Waals surface area contributed by atoms with E-state index in [0.29, 0.717) is 23.1 Å². The Kier molecular flexibility index (Phi) is 7.11. The molecular weight excluding hydrogens is 482 g/mol. The van der Waals surface area contributed by atoms with Crippen LogP contribution in [0.25, 0.3) is 11.3 Å². The molecule has 0 N–H and O–H groups in total. The van der Waals surface area contributed by atoms with Gasteiger partial charge >= 0.3 is 5.97 Å². The number of nitro benzene ring substituents is 1. The number of carbonyl (C=O) groups excluding carboxylic acids is 2. The van der Waals surface area contributed by atoms with Crippen molar-refractivity contribution in [3.05, 3.63) is 62.1 Å². The summed E-state index contributed by atoms with van der Waals surface area (Å²) in [7, 11) is 0. The number of esters is 1. The molecule has 1 aliphatic rings. The van der Waals surface area contributed by atoms with Crippen molar-refractivity contribution in [3.8, 4) is 11.3 Å². The number of hydrogen-bond donors (Lipinski definition) is 0. The highest BCUT2D eigenvalue weighted by Crippen LogP contribution is 2.46. The van der Waals surface area contributed by atoms with Gasteiger partial charge in [0.25, 0.3) is 5.69 Å². The topological polar surface area (TPSA) is 112 Å². The van der Waals surface area contributed by atoms with E-state index in [1.54, 1.807) is 30.9 Å². The highest BCUT2D eigenvalue weighted by Gasteiger charge is 2.30. The lowest BCUT2D eigenvalue weighted by molar-refractivity contribution is -0.384. The number of carbonyl (C=O) groups is 2. The van der Waals surface area contributed by atoms with Crippen LogP contribution in [0.2, 0.25) is 0 Å². The number of non-ortho nitro benzene ring substituents is 1. The molecule has 2 heterocycles. The van der Waals surface area contributed by atoms with Gasteiger partial charge in [0.15, 0.2) is 10.9 Å². The average Bonchev–Trinajstić information content (AvgIpc) is 3.22. The molecule has 11 heteroatoms. The molecule has 0 aliphatic heterocycles. The lowest BCUT2D eigenvalue weighted by atomic mass is 9.91. The number of nitro groups is 1. The van der Waals surface area contributed by atoms with Crippen molar-refractivity contribution in [1.29, 1.82) is 0 Å². The van der Waals surface area contributed by atoms with E-state index in [1.807, 2.05) is 6.26 Å². The van der Waals surface area contributed by atoms with Crippen LogP contribution < -0.4 is 0 Å². The van der Waals surface area contributed by atoms with E-state index < -0.39 is 4.92 Å². The first-order chi connectivity index (χ1) is 15.9. The second-order valence-corrected chi connectivity index (χ2v) is 10.1. The van der Waals surface area contributed by atoms with E-state index in [-0.39, 0.29) is 28.8 Å². The number of nitrogens with zero attached hydrogens (tertiary/aromatic N) is 3. The molecule has 1 aromatic carbocycles. The van der Waals surface area contributed by atoms with Crippen LogP contribution >= 0.6 is 34.9 Å². The van der Waals surface area contributed by atoms with E-state index in [0.717, 1.165) is 33.0 Å². The fraction of sp³-hybridized carbons (Fsp3) is 0.273. The number of ether oxygens (including phenoxy) is 1. The van der Waals surface area contributed by atoms with Crippen molar-refractivity contribution in [2.24, 2.45) is 0 Å². The predicted octanol–water partition coefficient (Wildman–Crippen LogP) is 5.09. The number of aromatic nitrogens is 2. The highest BCUT2D eigenvalue weighted by molar-refractivity contribution is 8.00. The molecular formula is C22H19N3O5S3. The van der Waals surface area contributed by atoms with Gasteiger partial charge < -0.3 is 4.74 Å². The molecule has 0 fully saturated rings.